The fourth-order valence-electron chi connectivity index (χ4n) is 4.22. The van der Waals surface area contributed by atoms with E-state index < -0.39 is 0 Å². The van der Waals surface area contributed by atoms with Crippen molar-refractivity contribution in [1.82, 2.24) is 15.1 Å². The Bertz CT molecular complexity index is 722. The number of carbonyl (C=O) groups is 1. The summed E-state index contributed by atoms with van der Waals surface area (Å²) >= 11 is 0. The average molecular weight is 366 g/mol. The van der Waals surface area contributed by atoms with Crippen molar-refractivity contribution in [2.45, 2.75) is 30.8 Å². The van der Waals surface area contributed by atoms with E-state index in [9.17, 15) is 4.79 Å². The summed E-state index contributed by atoms with van der Waals surface area (Å²) in [4.78, 5) is 17.5. The van der Waals surface area contributed by atoms with Crippen LogP contribution in [0.2, 0.25) is 0 Å². The topological polar surface area (TPSA) is 35.6 Å². The number of hydrogen-bond donors (Lipinski definition) is 1. The lowest BCUT2D eigenvalue weighted by molar-refractivity contribution is -0.136. The van der Waals surface area contributed by atoms with Gasteiger partial charge in [-0.15, -0.1) is 0 Å². The van der Waals surface area contributed by atoms with Gasteiger partial charge in [0.1, 0.15) is 0 Å². The first-order valence-corrected chi connectivity index (χ1v) is 9.80. The number of likely N-dealkylation sites (tertiary alicyclic amines) is 1. The third kappa shape index (κ3) is 4.23. The average Bonchev–Trinajstić information content (AvgIpc) is 2.73. The summed E-state index contributed by atoms with van der Waals surface area (Å²) in [6, 6.07) is 20.8. The molecule has 2 aromatic carbocycles. The molecule has 1 aliphatic heterocycles. The predicted octanol–water partition coefficient (Wildman–Crippen LogP) is 2.90. The molecule has 1 heterocycles. The number of hydrogen-bond acceptors (Lipinski definition) is 3. The summed E-state index contributed by atoms with van der Waals surface area (Å²) in [6.07, 6.45) is 2.64. The Morgan fingerprint density at radius 2 is 1.59 bits per heavy atom. The van der Waals surface area contributed by atoms with Gasteiger partial charge in [-0.25, -0.2) is 0 Å². The molecule has 27 heavy (non-hydrogen) atoms. The summed E-state index contributed by atoms with van der Waals surface area (Å²) in [6.45, 7) is 1.58. The first kappa shape index (κ1) is 19.6. The second-order valence-corrected chi connectivity index (χ2v) is 7.65. The highest BCUT2D eigenvalue weighted by Gasteiger charge is 2.40. The number of piperidine rings is 1. The van der Waals surface area contributed by atoms with Crippen molar-refractivity contribution in [3.8, 4) is 0 Å². The van der Waals surface area contributed by atoms with E-state index in [1.54, 1.807) is 0 Å². The van der Waals surface area contributed by atoms with Crippen molar-refractivity contribution in [2.75, 3.05) is 34.2 Å². The normalized spacial score (nSPS) is 17.7. The molecule has 0 spiro atoms. The van der Waals surface area contributed by atoms with Crippen LogP contribution in [-0.4, -0.2) is 56.0 Å². The van der Waals surface area contributed by atoms with E-state index in [0.29, 0.717) is 0 Å². The molecule has 144 valence electrons. The van der Waals surface area contributed by atoms with E-state index >= 15 is 0 Å². The van der Waals surface area contributed by atoms with Crippen molar-refractivity contribution < 1.29 is 4.79 Å². The van der Waals surface area contributed by atoms with E-state index in [-0.39, 0.29) is 17.5 Å². The number of nitrogens with one attached hydrogen (secondary N) is 1. The molecule has 1 atom stereocenters. The Hall–Kier alpha value is -2.17. The van der Waals surface area contributed by atoms with Gasteiger partial charge < -0.3 is 10.2 Å². The van der Waals surface area contributed by atoms with Gasteiger partial charge in [-0.3, -0.25) is 9.69 Å². The maximum absolute atomic E-state index is 13.1. The molecule has 3 rings (SSSR count). The number of rotatable bonds is 6. The Morgan fingerprint density at radius 3 is 2.11 bits per heavy atom. The molecular formula is C23H31N3O. The van der Waals surface area contributed by atoms with Gasteiger partial charge in [0.15, 0.2) is 0 Å². The summed E-state index contributed by atoms with van der Waals surface area (Å²) in [5.41, 5.74) is 2.54. The molecular weight excluding hydrogens is 334 g/mol. The summed E-state index contributed by atoms with van der Waals surface area (Å²) < 4.78 is 0. The molecule has 0 unspecified atom stereocenters. The second-order valence-electron chi connectivity index (χ2n) is 7.65. The molecule has 1 amide bonds. The first-order chi connectivity index (χ1) is 13.1. The lowest BCUT2D eigenvalue weighted by atomic mass is 9.79. The van der Waals surface area contributed by atoms with Crippen LogP contribution < -0.4 is 5.32 Å². The third-order valence-corrected chi connectivity index (χ3v) is 6.00. The minimum Gasteiger partial charge on any atom is -0.341 e. The van der Waals surface area contributed by atoms with Crippen LogP contribution in [0.25, 0.3) is 0 Å². The molecule has 0 bridgehead atoms. The Balaban J connectivity index is 1.69. The van der Waals surface area contributed by atoms with Crippen LogP contribution in [0.4, 0.5) is 0 Å². The Kier molecular flexibility index (Phi) is 6.30. The minimum absolute atomic E-state index is 0.00656. The van der Waals surface area contributed by atoms with E-state index in [2.05, 4.69) is 66.8 Å². The van der Waals surface area contributed by atoms with Crippen molar-refractivity contribution >= 4 is 5.91 Å². The van der Waals surface area contributed by atoms with Crippen molar-refractivity contribution in [1.29, 1.82) is 0 Å². The van der Waals surface area contributed by atoms with Crippen LogP contribution in [0, 0.1) is 0 Å². The SMILES string of the molecule is CN[C@@H](Cc1ccccc1)C(=O)N1CCC(c2ccccc2)(N(C)C)CC1. The van der Waals surface area contributed by atoms with Gasteiger partial charge in [0, 0.05) is 18.6 Å². The molecule has 1 N–H and O–H groups in total. The number of amides is 1. The smallest absolute Gasteiger partial charge is 0.240 e. The van der Waals surface area contributed by atoms with Crippen LogP contribution in [0.1, 0.15) is 24.0 Å². The quantitative estimate of drug-likeness (QED) is 0.855. The molecule has 4 heteroatoms. The highest BCUT2D eigenvalue weighted by molar-refractivity contribution is 5.82. The molecule has 0 aromatic heterocycles. The van der Waals surface area contributed by atoms with Crippen molar-refractivity contribution in [3.63, 3.8) is 0 Å². The lowest BCUT2D eigenvalue weighted by Crippen LogP contribution is -2.55. The second kappa shape index (κ2) is 8.68. The maximum atomic E-state index is 13.1. The number of benzene rings is 2. The zero-order valence-electron chi connectivity index (χ0n) is 16.7. The first-order valence-electron chi connectivity index (χ1n) is 9.80. The predicted molar refractivity (Wildman–Crippen MR) is 111 cm³/mol. The van der Waals surface area contributed by atoms with Crippen LogP contribution in [0.5, 0.6) is 0 Å². The van der Waals surface area contributed by atoms with E-state index in [4.69, 9.17) is 0 Å². The zero-order chi connectivity index (χ0) is 19.3. The van der Waals surface area contributed by atoms with E-state index in [0.717, 1.165) is 32.4 Å². The van der Waals surface area contributed by atoms with Crippen LogP contribution in [0.3, 0.4) is 0 Å². The van der Waals surface area contributed by atoms with Gasteiger partial charge in [0.05, 0.1) is 6.04 Å². The Labute approximate surface area is 163 Å². The third-order valence-electron chi connectivity index (χ3n) is 6.00. The van der Waals surface area contributed by atoms with E-state index in [1.165, 1.54) is 11.1 Å². The standard InChI is InChI=1S/C23H31N3O/c1-24-21(18-19-10-6-4-7-11-19)22(27)26-16-14-23(15-17-26,25(2)3)20-12-8-5-9-13-20/h4-13,21,24H,14-18H2,1-3H3/t21-/m0/s1. The largest absolute Gasteiger partial charge is 0.341 e. The van der Waals surface area contributed by atoms with Gasteiger partial charge in [-0.1, -0.05) is 60.7 Å². The van der Waals surface area contributed by atoms with Crippen LogP contribution >= 0.6 is 0 Å². The monoisotopic (exact) mass is 365 g/mol. The lowest BCUT2D eigenvalue weighted by Gasteiger charge is -2.47. The summed E-state index contributed by atoms with van der Waals surface area (Å²) in [7, 11) is 6.18. The molecule has 4 nitrogen and oxygen atoms in total. The minimum atomic E-state index is -0.170. The molecule has 0 aliphatic carbocycles. The molecule has 2 aromatic rings. The van der Waals surface area contributed by atoms with Crippen molar-refractivity contribution in [2.24, 2.45) is 0 Å². The number of likely N-dealkylation sites (N-methyl/N-ethyl adjacent to an activating group) is 1. The van der Waals surface area contributed by atoms with Gasteiger partial charge in [-0.05, 0) is 51.5 Å². The highest BCUT2D eigenvalue weighted by Crippen LogP contribution is 2.37. The van der Waals surface area contributed by atoms with Gasteiger partial charge >= 0.3 is 0 Å². The van der Waals surface area contributed by atoms with Crippen LogP contribution in [-0.2, 0) is 16.8 Å². The van der Waals surface area contributed by atoms with Gasteiger partial charge in [0.2, 0.25) is 5.91 Å². The fourth-order valence-corrected chi connectivity index (χ4v) is 4.22. The summed E-state index contributed by atoms with van der Waals surface area (Å²) in [5.74, 6) is 0.210. The Morgan fingerprint density at radius 1 is 1.04 bits per heavy atom. The van der Waals surface area contributed by atoms with Gasteiger partial charge in [-0.2, -0.15) is 0 Å². The fraction of sp³-hybridized carbons (Fsp3) is 0.435. The molecule has 0 saturated carbocycles. The molecule has 1 saturated heterocycles. The van der Waals surface area contributed by atoms with Gasteiger partial charge in [0.25, 0.3) is 0 Å². The zero-order valence-corrected chi connectivity index (χ0v) is 16.7. The maximum Gasteiger partial charge on any atom is 0.240 e. The molecule has 0 radical (unpaired) electrons. The van der Waals surface area contributed by atoms with Crippen LogP contribution in [0.15, 0.2) is 60.7 Å². The van der Waals surface area contributed by atoms with Crippen molar-refractivity contribution in [3.05, 3.63) is 71.8 Å². The highest BCUT2D eigenvalue weighted by atomic mass is 16.2. The number of carbonyl (C=O) groups excluding carboxylic acids is 1. The molecule has 1 aliphatic rings. The number of nitrogens with zero attached hydrogens (tertiary/aromatic N) is 2. The van der Waals surface area contributed by atoms with E-state index in [1.807, 2.05) is 30.1 Å². The molecule has 1 fully saturated rings. The summed E-state index contributed by atoms with van der Waals surface area (Å²) in [5, 5.41) is 3.22.